The van der Waals surface area contributed by atoms with E-state index in [1.807, 2.05) is 13.8 Å². The zero-order valence-electron chi connectivity index (χ0n) is 11.9. The summed E-state index contributed by atoms with van der Waals surface area (Å²) in [4.78, 5) is 18.2. The van der Waals surface area contributed by atoms with Crippen molar-refractivity contribution in [1.29, 1.82) is 0 Å². The van der Waals surface area contributed by atoms with E-state index in [1.165, 1.54) is 6.26 Å². The second-order valence-corrected chi connectivity index (χ2v) is 4.72. The first kappa shape index (κ1) is 14.8. The molecule has 0 unspecified atom stereocenters. The van der Waals surface area contributed by atoms with Gasteiger partial charge in [0.2, 0.25) is 0 Å². The lowest BCUT2D eigenvalue weighted by Gasteiger charge is -2.29. The van der Waals surface area contributed by atoms with Crippen molar-refractivity contribution in [3.05, 3.63) is 12.0 Å². The highest BCUT2D eigenvalue weighted by Crippen LogP contribution is 2.10. The van der Waals surface area contributed by atoms with E-state index >= 15 is 0 Å². The predicted molar refractivity (Wildman–Crippen MR) is 71.9 cm³/mol. The number of morpholine rings is 1. The van der Waals surface area contributed by atoms with Crippen LogP contribution in [0.15, 0.2) is 10.7 Å². The number of nitrogens with one attached hydrogen (secondary N) is 1. The minimum Gasteiger partial charge on any atom is -0.450 e. The van der Waals surface area contributed by atoms with Crippen LogP contribution in [0.2, 0.25) is 0 Å². The first-order chi connectivity index (χ1) is 9.69. The molecule has 1 aliphatic heterocycles. The molecule has 0 aliphatic carbocycles. The minimum atomic E-state index is -0.250. The zero-order chi connectivity index (χ0) is 14.4. The van der Waals surface area contributed by atoms with E-state index in [9.17, 15) is 4.79 Å². The molecule has 112 valence electrons. The number of carbonyl (C=O) groups is 1. The van der Waals surface area contributed by atoms with Crippen LogP contribution in [0.25, 0.3) is 0 Å². The lowest BCUT2D eigenvalue weighted by atomic mass is 10.2. The maximum atomic E-state index is 12.0. The molecule has 2 heterocycles. The van der Waals surface area contributed by atoms with Gasteiger partial charge in [-0.15, -0.1) is 0 Å². The third-order valence-corrected chi connectivity index (χ3v) is 3.00. The van der Waals surface area contributed by atoms with E-state index in [4.69, 9.17) is 13.9 Å². The quantitative estimate of drug-likeness (QED) is 0.820. The number of hydrogen-bond acceptors (Lipinski definition) is 6. The number of aromatic nitrogens is 1. The molecule has 0 radical (unpaired) electrons. The van der Waals surface area contributed by atoms with Gasteiger partial charge in [-0.1, -0.05) is 0 Å². The standard InChI is InChI=1S/C13H21N3O4/c1-3-19-13-15-11(9-20-13)12(17)14-10(2)8-16-4-6-18-7-5-16/h9-10H,3-8H2,1-2H3,(H,14,17)/t10-/m1/s1. The van der Waals surface area contributed by atoms with Gasteiger partial charge >= 0.3 is 6.08 Å². The van der Waals surface area contributed by atoms with Crippen LogP contribution in [0.5, 0.6) is 6.08 Å². The Morgan fingerprint density at radius 3 is 3.00 bits per heavy atom. The summed E-state index contributed by atoms with van der Waals surface area (Å²) in [6.07, 6.45) is 1.43. The van der Waals surface area contributed by atoms with Gasteiger partial charge in [-0.2, -0.15) is 4.98 Å². The van der Waals surface area contributed by atoms with E-state index < -0.39 is 0 Å². The first-order valence-corrected chi connectivity index (χ1v) is 6.88. The Hall–Kier alpha value is -1.60. The van der Waals surface area contributed by atoms with E-state index in [1.54, 1.807) is 0 Å². The van der Waals surface area contributed by atoms with Crippen molar-refractivity contribution in [3.63, 3.8) is 0 Å². The molecular formula is C13H21N3O4. The number of rotatable bonds is 6. The molecule has 0 spiro atoms. The molecule has 20 heavy (non-hydrogen) atoms. The Morgan fingerprint density at radius 1 is 1.55 bits per heavy atom. The van der Waals surface area contributed by atoms with Crippen molar-refractivity contribution in [3.8, 4) is 6.08 Å². The van der Waals surface area contributed by atoms with Gasteiger partial charge in [0.25, 0.3) is 5.91 Å². The van der Waals surface area contributed by atoms with E-state index in [-0.39, 0.29) is 23.7 Å². The Labute approximate surface area is 118 Å². The van der Waals surface area contributed by atoms with Gasteiger partial charge in [0.15, 0.2) is 5.69 Å². The fourth-order valence-electron chi connectivity index (χ4n) is 2.07. The van der Waals surface area contributed by atoms with Crippen molar-refractivity contribution < 1.29 is 18.7 Å². The Bertz CT molecular complexity index is 429. The van der Waals surface area contributed by atoms with Gasteiger partial charge < -0.3 is 19.2 Å². The van der Waals surface area contributed by atoms with Gasteiger partial charge in [-0.25, -0.2) is 0 Å². The second-order valence-electron chi connectivity index (χ2n) is 4.72. The van der Waals surface area contributed by atoms with Crippen LogP contribution in [0.4, 0.5) is 0 Å². The summed E-state index contributed by atoms with van der Waals surface area (Å²) < 4.78 is 15.4. The third-order valence-electron chi connectivity index (χ3n) is 3.00. The fraction of sp³-hybridized carbons (Fsp3) is 0.692. The molecule has 1 aliphatic rings. The Balaban J connectivity index is 1.80. The lowest BCUT2D eigenvalue weighted by Crippen LogP contribution is -2.46. The smallest absolute Gasteiger partial charge is 0.394 e. The Morgan fingerprint density at radius 2 is 2.30 bits per heavy atom. The van der Waals surface area contributed by atoms with Gasteiger partial charge in [-0.05, 0) is 13.8 Å². The van der Waals surface area contributed by atoms with Crippen LogP contribution in [-0.4, -0.2) is 61.3 Å². The SMILES string of the molecule is CCOc1nc(C(=O)N[C@H](C)CN2CCOCC2)co1. The molecule has 1 fully saturated rings. The monoisotopic (exact) mass is 283 g/mol. The minimum absolute atomic E-state index is 0.0350. The van der Waals surface area contributed by atoms with E-state index in [2.05, 4.69) is 15.2 Å². The molecule has 1 amide bonds. The number of nitrogens with zero attached hydrogens (tertiary/aromatic N) is 2. The maximum absolute atomic E-state index is 12.0. The van der Waals surface area contributed by atoms with Gasteiger partial charge in [0.05, 0.1) is 19.8 Å². The van der Waals surface area contributed by atoms with Crippen LogP contribution in [0.1, 0.15) is 24.3 Å². The number of carbonyl (C=O) groups excluding carboxylic acids is 1. The van der Waals surface area contributed by atoms with Crippen LogP contribution in [0.3, 0.4) is 0 Å². The summed E-state index contributed by atoms with van der Waals surface area (Å²) in [6.45, 7) is 8.35. The van der Waals surface area contributed by atoms with Gasteiger partial charge in [0.1, 0.15) is 6.26 Å². The van der Waals surface area contributed by atoms with Gasteiger partial charge in [0, 0.05) is 25.7 Å². The largest absolute Gasteiger partial charge is 0.450 e. The van der Waals surface area contributed by atoms with Gasteiger partial charge in [-0.3, -0.25) is 9.69 Å². The van der Waals surface area contributed by atoms with Crippen molar-refractivity contribution in [2.24, 2.45) is 0 Å². The number of amides is 1. The predicted octanol–water partition coefficient (Wildman–Crippen LogP) is 0.524. The summed E-state index contributed by atoms with van der Waals surface area (Å²) in [5.41, 5.74) is 0.238. The summed E-state index contributed by atoms with van der Waals surface area (Å²) in [5.74, 6) is -0.250. The molecule has 0 saturated carbocycles. The summed E-state index contributed by atoms with van der Waals surface area (Å²) in [6, 6.07) is 0.0350. The second kappa shape index (κ2) is 7.25. The topological polar surface area (TPSA) is 76.8 Å². The maximum Gasteiger partial charge on any atom is 0.394 e. The molecule has 7 heteroatoms. The lowest BCUT2D eigenvalue weighted by molar-refractivity contribution is 0.0342. The van der Waals surface area contributed by atoms with E-state index in [0.717, 1.165) is 32.8 Å². The summed E-state index contributed by atoms with van der Waals surface area (Å²) in [5, 5.41) is 2.90. The first-order valence-electron chi connectivity index (χ1n) is 6.88. The Kier molecular flexibility index (Phi) is 5.37. The molecule has 0 aromatic carbocycles. The molecule has 1 N–H and O–H groups in total. The zero-order valence-corrected chi connectivity index (χ0v) is 11.9. The number of hydrogen-bond donors (Lipinski definition) is 1. The molecular weight excluding hydrogens is 262 g/mol. The van der Waals surface area contributed by atoms with Crippen LogP contribution in [0, 0.1) is 0 Å². The highest BCUT2D eigenvalue weighted by atomic mass is 16.6. The molecule has 7 nitrogen and oxygen atoms in total. The number of oxazole rings is 1. The average molecular weight is 283 g/mol. The molecule has 1 aromatic heterocycles. The highest BCUT2D eigenvalue weighted by molar-refractivity contribution is 5.92. The molecule has 0 bridgehead atoms. The van der Waals surface area contributed by atoms with Crippen molar-refractivity contribution in [2.45, 2.75) is 19.9 Å². The highest BCUT2D eigenvalue weighted by Gasteiger charge is 2.18. The van der Waals surface area contributed by atoms with Crippen molar-refractivity contribution in [2.75, 3.05) is 39.5 Å². The molecule has 2 rings (SSSR count). The number of ether oxygens (including phenoxy) is 2. The van der Waals surface area contributed by atoms with Crippen LogP contribution in [-0.2, 0) is 4.74 Å². The van der Waals surface area contributed by atoms with E-state index in [0.29, 0.717) is 6.61 Å². The molecule has 1 atom stereocenters. The third kappa shape index (κ3) is 4.21. The molecule has 1 aromatic rings. The summed E-state index contributed by atoms with van der Waals surface area (Å²) in [7, 11) is 0. The van der Waals surface area contributed by atoms with Crippen molar-refractivity contribution >= 4 is 5.91 Å². The normalized spacial score (nSPS) is 17.7. The average Bonchev–Trinajstić information content (AvgIpc) is 2.89. The van der Waals surface area contributed by atoms with Crippen LogP contribution >= 0.6 is 0 Å². The molecule has 1 saturated heterocycles. The van der Waals surface area contributed by atoms with Crippen molar-refractivity contribution in [1.82, 2.24) is 15.2 Å². The van der Waals surface area contributed by atoms with Crippen LogP contribution < -0.4 is 10.1 Å². The summed E-state index contributed by atoms with van der Waals surface area (Å²) >= 11 is 0. The fourth-order valence-corrected chi connectivity index (χ4v) is 2.07.